The van der Waals surface area contributed by atoms with Crippen LogP contribution in [0.5, 0.6) is 0 Å². The number of hydrogen-bond acceptors (Lipinski definition) is 2. The van der Waals surface area contributed by atoms with Crippen LogP contribution in [-0.2, 0) is 4.79 Å². The molecule has 0 aromatic heterocycles. The molecule has 0 aromatic rings. The highest BCUT2D eigenvalue weighted by molar-refractivity contribution is 5.82. The maximum Gasteiger partial charge on any atom is 0.326 e. The lowest BCUT2D eigenvalue weighted by Crippen LogP contribution is -2.49. The molecule has 0 saturated carbocycles. The SMILES string of the molecule is CC[C@H](C)[C@H](NC(=O)N(C)CC)C(=O)O. The summed E-state index contributed by atoms with van der Waals surface area (Å²) in [4.78, 5) is 23.8. The summed E-state index contributed by atoms with van der Waals surface area (Å²) in [6, 6.07) is -1.15. The number of aliphatic carboxylic acids is 1. The van der Waals surface area contributed by atoms with E-state index in [2.05, 4.69) is 5.32 Å². The second kappa shape index (κ2) is 6.27. The van der Waals surface area contributed by atoms with Crippen LogP contribution in [0.4, 0.5) is 4.79 Å². The van der Waals surface area contributed by atoms with Gasteiger partial charge in [0.1, 0.15) is 6.04 Å². The standard InChI is InChI=1S/C10H20N2O3/c1-5-7(3)8(9(13)14)11-10(15)12(4)6-2/h7-8H,5-6H2,1-4H3,(H,11,15)(H,13,14)/t7-,8-/m0/s1. The predicted molar refractivity (Wildman–Crippen MR) is 57.7 cm³/mol. The van der Waals surface area contributed by atoms with Crippen LogP contribution in [0.3, 0.4) is 0 Å². The number of carbonyl (C=O) groups is 2. The molecule has 0 saturated heterocycles. The van der Waals surface area contributed by atoms with Gasteiger partial charge < -0.3 is 15.3 Å². The molecular weight excluding hydrogens is 196 g/mol. The highest BCUT2D eigenvalue weighted by Crippen LogP contribution is 2.08. The van der Waals surface area contributed by atoms with Crippen molar-refractivity contribution in [3.8, 4) is 0 Å². The van der Waals surface area contributed by atoms with Crippen molar-refractivity contribution >= 4 is 12.0 Å². The first-order valence-corrected chi connectivity index (χ1v) is 5.18. The van der Waals surface area contributed by atoms with Gasteiger partial charge in [-0.05, 0) is 12.8 Å². The smallest absolute Gasteiger partial charge is 0.326 e. The van der Waals surface area contributed by atoms with Crippen molar-refractivity contribution in [1.82, 2.24) is 10.2 Å². The number of urea groups is 1. The molecule has 0 aromatic carbocycles. The predicted octanol–water partition coefficient (Wildman–Crippen LogP) is 1.15. The number of rotatable bonds is 5. The summed E-state index contributed by atoms with van der Waals surface area (Å²) < 4.78 is 0. The molecule has 0 bridgehead atoms. The highest BCUT2D eigenvalue weighted by Gasteiger charge is 2.25. The zero-order chi connectivity index (χ0) is 12.0. The minimum Gasteiger partial charge on any atom is -0.480 e. The molecule has 15 heavy (non-hydrogen) atoms. The van der Waals surface area contributed by atoms with Crippen LogP contribution in [0.25, 0.3) is 0 Å². The Bertz CT molecular complexity index is 231. The molecule has 2 amide bonds. The van der Waals surface area contributed by atoms with Crippen LogP contribution in [0.15, 0.2) is 0 Å². The summed E-state index contributed by atoms with van der Waals surface area (Å²) in [7, 11) is 1.63. The maximum absolute atomic E-state index is 11.5. The second-order valence-corrected chi connectivity index (χ2v) is 3.67. The van der Waals surface area contributed by atoms with E-state index in [-0.39, 0.29) is 11.9 Å². The summed E-state index contributed by atoms with van der Waals surface area (Å²) >= 11 is 0. The first-order chi connectivity index (χ1) is 6.93. The minimum absolute atomic E-state index is 0.0725. The summed E-state index contributed by atoms with van der Waals surface area (Å²) in [5, 5.41) is 11.5. The monoisotopic (exact) mass is 216 g/mol. The third-order valence-electron chi connectivity index (χ3n) is 2.58. The lowest BCUT2D eigenvalue weighted by Gasteiger charge is -2.23. The molecule has 5 nitrogen and oxygen atoms in total. The van der Waals surface area contributed by atoms with Crippen LogP contribution in [-0.4, -0.2) is 41.6 Å². The topological polar surface area (TPSA) is 69.6 Å². The normalized spacial score (nSPS) is 14.1. The van der Waals surface area contributed by atoms with Gasteiger partial charge in [-0.2, -0.15) is 0 Å². The number of nitrogens with zero attached hydrogens (tertiary/aromatic N) is 1. The summed E-state index contributed by atoms with van der Waals surface area (Å²) in [6.45, 7) is 6.10. The Morgan fingerprint density at radius 2 is 1.93 bits per heavy atom. The molecule has 5 heteroatoms. The average molecular weight is 216 g/mol. The van der Waals surface area contributed by atoms with E-state index in [9.17, 15) is 9.59 Å². The largest absolute Gasteiger partial charge is 0.480 e. The Hall–Kier alpha value is -1.26. The van der Waals surface area contributed by atoms with Crippen molar-refractivity contribution in [1.29, 1.82) is 0 Å². The number of carbonyl (C=O) groups excluding carboxylic acids is 1. The Kier molecular flexibility index (Phi) is 5.74. The van der Waals surface area contributed by atoms with E-state index in [1.165, 1.54) is 4.90 Å². The van der Waals surface area contributed by atoms with Crippen molar-refractivity contribution in [2.45, 2.75) is 33.2 Å². The number of carboxylic acids is 1. The lowest BCUT2D eigenvalue weighted by atomic mass is 9.99. The molecular formula is C10H20N2O3. The maximum atomic E-state index is 11.5. The molecule has 0 radical (unpaired) electrons. The first-order valence-electron chi connectivity index (χ1n) is 5.18. The van der Waals surface area contributed by atoms with Crippen LogP contribution in [0.2, 0.25) is 0 Å². The molecule has 0 heterocycles. The fraction of sp³-hybridized carbons (Fsp3) is 0.800. The zero-order valence-corrected chi connectivity index (χ0v) is 9.78. The minimum atomic E-state index is -0.984. The number of nitrogens with one attached hydrogen (secondary N) is 1. The van der Waals surface area contributed by atoms with Crippen molar-refractivity contribution in [3.05, 3.63) is 0 Å². The van der Waals surface area contributed by atoms with Gasteiger partial charge in [-0.3, -0.25) is 0 Å². The van der Waals surface area contributed by atoms with Crippen molar-refractivity contribution in [2.75, 3.05) is 13.6 Å². The molecule has 0 aliphatic carbocycles. The summed E-state index contributed by atoms with van der Waals surface area (Å²) in [5.41, 5.74) is 0. The highest BCUT2D eigenvalue weighted by atomic mass is 16.4. The molecule has 2 N–H and O–H groups in total. The molecule has 0 rings (SSSR count). The van der Waals surface area contributed by atoms with Gasteiger partial charge in [-0.15, -0.1) is 0 Å². The Balaban J connectivity index is 4.42. The Labute approximate surface area is 90.5 Å². The van der Waals surface area contributed by atoms with Gasteiger partial charge >= 0.3 is 12.0 Å². The van der Waals surface area contributed by atoms with E-state index in [1.807, 2.05) is 20.8 Å². The van der Waals surface area contributed by atoms with Crippen molar-refractivity contribution in [2.24, 2.45) is 5.92 Å². The van der Waals surface area contributed by atoms with E-state index in [1.54, 1.807) is 7.05 Å². The van der Waals surface area contributed by atoms with Crippen LogP contribution < -0.4 is 5.32 Å². The van der Waals surface area contributed by atoms with Gasteiger partial charge in [0.25, 0.3) is 0 Å². The first kappa shape index (κ1) is 13.7. The van der Waals surface area contributed by atoms with Crippen LogP contribution >= 0.6 is 0 Å². The number of carboxylic acid groups (broad SMARTS) is 1. The van der Waals surface area contributed by atoms with E-state index < -0.39 is 12.0 Å². The molecule has 0 aliphatic rings. The molecule has 2 atom stereocenters. The van der Waals surface area contributed by atoms with Gasteiger partial charge in [-0.25, -0.2) is 9.59 Å². The zero-order valence-electron chi connectivity index (χ0n) is 9.78. The van der Waals surface area contributed by atoms with E-state index in [4.69, 9.17) is 5.11 Å². The quantitative estimate of drug-likeness (QED) is 0.724. The van der Waals surface area contributed by atoms with E-state index >= 15 is 0 Å². The molecule has 0 aliphatic heterocycles. The van der Waals surface area contributed by atoms with Crippen molar-refractivity contribution in [3.63, 3.8) is 0 Å². The Morgan fingerprint density at radius 3 is 2.27 bits per heavy atom. The Morgan fingerprint density at radius 1 is 1.40 bits per heavy atom. The summed E-state index contributed by atoms with van der Waals surface area (Å²) in [5.74, 6) is -1.06. The number of hydrogen-bond donors (Lipinski definition) is 2. The van der Waals surface area contributed by atoms with Crippen molar-refractivity contribution < 1.29 is 14.7 Å². The fourth-order valence-corrected chi connectivity index (χ4v) is 1.07. The van der Waals surface area contributed by atoms with Crippen LogP contribution in [0, 0.1) is 5.92 Å². The fourth-order valence-electron chi connectivity index (χ4n) is 1.07. The van der Waals surface area contributed by atoms with Gasteiger partial charge in [0.05, 0.1) is 0 Å². The molecule has 0 spiro atoms. The molecule has 0 fully saturated rings. The second-order valence-electron chi connectivity index (χ2n) is 3.67. The van der Waals surface area contributed by atoms with E-state index in [0.29, 0.717) is 13.0 Å². The number of amides is 2. The van der Waals surface area contributed by atoms with Gasteiger partial charge in [0, 0.05) is 13.6 Å². The molecule has 0 unspecified atom stereocenters. The third-order valence-corrected chi connectivity index (χ3v) is 2.58. The van der Waals surface area contributed by atoms with Gasteiger partial charge in [0.2, 0.25) is 0 Å². The van der Waals surface area contributed by atoms with Gasteiger partial charge in [-0.1, -0.05) is 20.3 Å². The van der Waals surface area contributed by atoms with Gasteiger partial charge in [0.15, 0.2) is 0 Å². The third kappa shape index (κ3) is 4.18. The van der Waals surface area contributed by atoms with Crippen LogP contribution in [0.1, 0.15) is 27.2 Å². The van der Waals surface area contributed by atoms with E-state index in [0.717, 1.165) is 0 Å². The lowest BCUT2D eigenvalue weighted by molar-refractivity contribution is -0.140. The summed E-state index contributed by atoms with van der Waals surface area (Å²) in [6.07, 6.45) is 0.715. The molecule has 88 valence electrons. The average Bonchev–Trinajstić information content (AvgIpc) is 2.22.